The zero-order chi connectivity index (χ0) is 23.9. The average molecular weight is 500 g/mol. The van der Waals surface area contributed by atoms with E-state index in [0.29, 0.717) is 22.2 Å². The molecule has 1 saturated heterocycles. The van der Waals surface area contributed by atoms with Gasteiger partial charge >= 0.3 is 0 Å². The van der Waals surface area contributed by atoms with Crippen LogP contribution in [-0.2, 0) is 4.79 Å². The van der Waals surface area contributed by atoms with Crippen molar-refractivity contribution in [2.45, 2.75) is 5.03 Å². The van der Waals surface area contributed by atoms with Crippen LogP contribution in [0.25, 0.3) is 0 Å². The highest BCUT2D eigenvalue weighted by molar-refractivity contribution is 7.99. The lowest BCUT2D eigenvalue weighted by molar-refractivity contribution is -0.113. The second-order valence-electron chi connectivity index (χ2n) is 7.56. The van der Waals surface area contributed by atoms with Crippen molar-refractivity contribution >= 4 is 46.5 Å². The summed E-state index contributed by atoms with van der Waals surface area (Å²) in [6, 6.07) is 17.0. The van der Waals surface area contributed by atoms with Crippen LogP contribution in [0.1, 0.15) is 0 Å². The van der Waals surface area contributed by atoms with E-state index in [1.807, 2.05) is 36.4 Å². The van der Waals surface area contributed by atoms with Gasteiger partial charge in [0, 0.05) is 37.9 Å². The first-order chi connectivity index (χ1) is 16.6. The lowest BCUT2D eigenvalue weighted by Crippen LogP contribution is -2.47. The predicted molar refractivity (Wildman–Crippen MR) is 137 cm³/mol. The summed E-state index contributed by atoms with van der Waals surface area (Å²) in [4.78, 5) is 16.8. The number of rotatable bonds is 8. The van der Waals surface area contributed by atoms with Crippen molar-refractivity contribution < 1.29 is 14.3 Å². The minimum absolute atomic E-state index is 0.140. The van der Waals surface area contributed by atoms with Crippen LogP contribution < -0.4 is 24.6 Å². The molecule has 4 rings (SSSR count). The van der Waals surface area contributed by atoms with E-state index in [4.69, 9.17) is 21.1 Å². The number of carbonyl (C=O) groups excluding carboxylic acids is 1. The van der Waals surface area contributed by atoms with Gasteiger partial charge in [-0.05, 0) is 36.4 Å². The Hall–Kier alpha value is -3.17. The molecular weight excluding hydrogens is 474 g/mol. The van der Waals surface area contributed by atoms with Gasteiger partial charge in [0.2, 0.25) is 5.91 Å². The second-order valence-corrected chi connectivity index (χ2v) is 8.96. The maximum absolute atomic E-state index is 12.4. The molecule has 0 atom stereocenters. The highest BCUT2D eigenvalue weighted by atomic mass is 35.5. The fourth-order valence-electron chi connectivity index (χ4n) is 3.69. The van der Waals surface area contributed by atoms with E-state index in [9.17, 15) is 4.79 Å². The molecule has 1 fully saturated rings. The van der Waals surface area contributed by atoms with Crippen molar-refractivity contribution in [3.63, 3.8) is 0 Å². The van der Waals surface area contributed by atoms with Crippen LogP contribution >= 0.6 is 23.4 Å². The molecule has 1 aliphatic heterocycles. The summed E-state index contributed by atoms with van der Waals surface area (Å²) < 4.78 is 10.5. The molecule has 34 heavy (non-hydrogen) atoms. The number of aromatic nitrogens is 2. The molecule has 0 saturated carbocycles. The number of nitrogens with one attached hydrogen (secondary N) is 1. The molecule has 3 aromatic rings. The Morgan fingerprint density at radius 2 is 1.71 bits per heavy atom. The Morgan fingerprint density at radius 3 is 2.38 bits per heavy atom. The first-order valence-electron chi connectivity index (χ1n) is 10.8. The Kier molecular flexibility index (Phi) is 7.97. The van der Waals surface area contributed by atoms with E-state index in [1.54, 1.807) is 32.4 Å². The zero-order valence-corrected chi connectivity index (χ0v) is 20.6. The second kappa shape index (κ2) is 11.3. The van der Waals surface area contributed by atoms with Crippen molar-refractivity contribution in [1.29, 1.82) is 0 Å². The van der Waals surface area contributed by atoms with E-state index in [2.05, 4.69) is 25.3 Å². The molecule has 10 heteroatoms. The maximum Gasteiger partial charge on any atom is 0.234 e. The number of para-hydroxylation sites is 1. The highest BCUT2D eigenvalue weighted by Gasteiger charge is 2.20. The molecule has 178 valence electrons. The number of amides is 1. The van der Waals surface area contributed by atoms with Gasteiger partial charge in [-0.25, -0.2) is 0 Å². The van der Waals surface area contributed by atoms with E-state index in [0.717, 1.165) is 42.7 Å². The van der Waals surface area contributed by atoms with E-state index in [-0.39, 0.29) is 11.7 Å². The SMILES string of the molecule is COc1ccc(NC(=O)CSc2ccc(N3CCN(c4ccccc4Cl)CC3)nn2)cc1OC. The van der Waals surface area contributed by atoms with Gasteiger partial charge in [0.1, 0.15) is 5.03 Å². The third kappa shape index (κ3) is 5.84. The first kappa shape index (κ1) is 24.0. The largest absolute Gasteiger partial charge is 0.493 e. The Balaban J connectivity index is 1.26. The molecule has 1 amide bonds. The van der Waals surface area contributed by atoms with Crippen molar-refractivity contribution in [1.82, 2.24) is 10.2 Å². The van der Waals surface area contributed by atoms with Gasteiger partial charge in [-0.1, -0.05) is 35.5 Å². The van der Waals surface area contributed by atoms with Crippen LogP contribution in [0.4, 0.5) is 17.2 Å². The van der Waals surface area contributed by atoms with Gasteiger partial charge in [-0.2, -0.15) is 0 Å². The van der Waals surface area contributed by atoms with Crippen LogP contribution in [0.3, 0.4) is 0 Å². The lowest BCUT2D eigenvalue weighted by atomic mass is 10.2. The molecule has 0 radical (unpaired) electrons. The molecule has 8 nitrogen and oxygen atoms in total. The summed E-state index contributed by atoms with van der Waals surface area (Å²) in [5, 5.41) is 13.0. The smallest absolute Gasteiger partial charge is 0.234 e. The third-order valence-corrected chi connectivity index (χ3v) is 6.68. The standard InChI is InChI=1S/C24H26ClN5O3S/c1-32-20-8-7-17(15-21(20)33-2)26-23(31)16-34-24-10-9-22(27-28-24)30-13-11-29(12-14-30)19-6-4-3-5-18(19)25/h3-10,15H,11-14,16H2,1-2H3,(H,26,31). The Morgan fingerprint density at radius 1 is 0.971 bits per heavy atom. The van der Waals surface area contributed by atoms with E-state index < -0.39 is 0 Å². The van der Waals surface area contributed by atoms with Gasteiger partial charge in [-0.15, -0.1) is 10.2 Å². The number of piperazine rings is 1. The van der Waals surface area contributed by atoms with Gasteiger partial charge in [0.05, 0.1) is 30.7 Å². The number of thioether (sulfide) groups is 1. The number of carbonyl (C=O) groups is 1. The molecule has 2 aromatic carbocycles. The summed E-state index contributed by atoms with van der Waals surface area (Å²) in [5.41, 5.74) is 1.70. The summed E-state index contributed by atoms with van der Waals surface area (Å²) in [7, 11) is 3.13. The topological polar surface area (TPSA) is 79.8 Å². The molecule has 1 aliphatic rings. The van der Waals surface area contributed by atoms with Gasteiger partial charge < -0.3 is 24.6 Å². The summed E-state index contributed by atoms with van der Waals surface area (Å²) >= 11 is 7.67. The van der Waals surface area contributed by atoms with Crippen molar-refractivity contribution in [2.75, 3.05) is 61.3 Å². The van der Waals surface area contributed by atoms with Crippen molar-refractivity contribution in [2.24, 2.45) is 0 Å². The molecule has 1 N–H and O–H groups in total. The number of hydrogen-bond donors (Lipinski definition) is 1. The maximum atomic E-state index is 12.4. The summed E-state index contributed by atoms with van der Waals surface area (Å²) in [6.45, 7) is 3.39. The average Bonchev–Trinajstić information content (AvgIpc) is 2.88. The molecule has 0 unspecified atom stereocenters. The van der Waals surface area contributed by atoms with E-state index >= 15 is 0 Å². The monoisotopic (exact) mass is 499 g/mol. The molecule has 1 aromatic heterocycles. The van der Waals surface area contributed by atoms with Crippen molar-refractivity contribution in [3.8, 4) is 11.5 Å². The van der Waals surface area contributed by atoms with Crippen LogP contribution in [0, 0.1) is 0 Å². The number of nitrogens with zero attached hydrogens (tertiary/aromatic N) is 4. The van der Waals surface area contributed by atoms with Gasteiger partial charge in [0.15, 0.2) is 17.3 Å². The van der Waals surface area contributed by atoms with E-state index in [1.165, 1.54) is 11.8 Å². The van der Waals surface area contributed by atoms with Crippen LogP contribution in [-0.4, -0.2) is 62.3 Å². The molecular formula is C24H26ClN5O3S. The third-order valence-electron chi connectivity index (χ3n) is 5.44. The van der Waals surface area contributed by atoms with Gasteiger partial charge in [0.25, 0.3) is 0 Å². The predicted octanol–water partition coefficient (Wildman–Crippen LogP) is 4.20. The normalized spacial score (nSPS) is 13.5. The zero-order valence-electron chi connectivity index (χ0n) is 19.0. The quantitative estimate of drug-likeness (QED) is 0.462. The van der Waals surface area contributed by atoms with Crippen LogP contribution in [0.5, 0.6) is 11.5 Å². The summed E-state index contributed by atoms with van der Waals surface area (Å²) in [6.07, 6.45) is 0. The lowest BCUT2D eigenvalue weighted by Gasteiger charge is -2.36. The summed E-state index contributed by atoms with van der Waals surface area (Å²) in [5.74, 6) is 2.08. The Bertz CT molecular complexity index is 1120. The van der Waals surface area contributed by atoms with Crippen LogP contribution in [0.15, 0.2) is 59.6 Å². The number of ether oxygens (including phenoxy) is 2. The fraction of sp³-hybridized carbons (Fsp3) is 0.292. The minimum atomic E-state index is -0.140. The number of hydrogen-bond acceptors (Lipinski definition) is 8. The molecule has 2 heterocycles. The first-order valence-corrected chi connectivity index (χ1v) is 12.2. The van der Waals surface area contributed by atoms with Gasteiger partial charge in [-0.3, -0.25) is 4.79 Å². The van der Waals surface area contributed by atoms with Crippen molar-refractivity contribution in [3.05, 3.63) is 59.6 Å². The minimum Gasteiger partial charge on any atom is -0.493 e. The number of halogens is 1. The molecule has 0 spiro atoms. The number of methoxy groups -OCH3 is 2. The Labute approximate surface area is 208 Å². The highest BCUT2D eigenvalue weighted by Crippen LogP contribution is 2.30. The molecule has 0 aliphatic carbocycles. The van der Waals surface area contributed by atoms with Crippen LogP contribution in [0.2, 0.25) is 5.02 Å². The fourth-order valence-corrected chi connectivity index (χ4v) is 4.56. The number of benzene rings is 2. The number of anilines is 3. The molecule has 0 bridgehead atoms.